The van der Waals surface area contributed by atoms with Crippen molar-refractivity contribution in [3.05, 3.63) is 59.7 Å². The number of rotatable bonds is 12. The van der Waals surface area contributed by atoms with Crippen molar-refractivity contribution < 1.29 is 40.6 Å². The molecule has 0 bridgehead atoms. The summed E-state index contributed by atoms with van der Waals surface area (Å²) in [5, 5.41) is 0. The normalized spacial score (nSPS) is 11.1. The van der Waals surface area contributed by atoms with Crippen LogP contribution in [0.4, 0.5) is 0 Å². The molecule has 0 radical (unpaired) electrons. The molecule has 36 heavy (non-hydrogen) atoms. The maximum atomic E-state index is 12.6. The second-order valence-corrected chi connectivity index (χ2v) is 10.4. The number of para-hydroxylation sites is 2. The van der Waals surface area contributed by atoms with Crippen molar-refractivity contribution in [2.24, 2.45) is 0 Å². The van der Waals surface area contributed by atoms with Gasteiger partial charge in [0.05, 0.1) is 42.3 Å². The molecule has 0 aliphatic heterocycles. The van der Waals surface area contributed by atoms with Gasteiger partial charge >= 0.3 is 126 Å². The standard InChI is InChI=1S/C24H34N2O7S.2K.2H/c1-25(2,3)15-17-30-23(27)19-11-7-9-13-21(19)32-34(29)33-22-14-10-8-12-20(22)24(28)31-18-16-26(4,5)6;;;;/h7-14H,15-18H2,1-6H3;;;;/q+2;;;;. The van der Waals surface area contributed by atoms with Gasteiger partial charge in [-0.1, -0.05) is 24.3 Å². The Bertz CT molecular complexity index is 945. The first-order valence-electron chi connectivity index (χ1n) is 10.8. The Morgan fingerprint density at radius 3 is 1.33 bits per heavy atom. The molecule has 0 aliphatic carbocycles. The fourth-order valence-corrected chi connectivity index (χ4v) is 3.18. The second-order valence-electron chi connectivity index (χ2n) is 9.66. The van der Waals surface area contributed by atoms with Crippen LogP contribution in [0.5, 0.6) is 11.5 Å². The molecule has 0 N–H and O–H groups in total. The predicted molar refractivity (Wildman–Crippen MR) is 143 cm³/mol. The summed E-state index contributed by atoms with van der Waals surface area (Å²) < 4.78 is 35.2. The Kier molecular flexibility index (Phi) is 17.3. The van der Waals surface area contributed by atoms with Gasteiger partial charge < -0.3 is 26.8 Å². The Morgan fingerprint density at radius 2 is 1.00 bits per heavy atom. The van der Waals surface area contributed by atoms with E-state index in [4.69, 9.17) is 17.8 Å². The van der Waals surface area contributed by atoms with Crippen molar-refractivity contribution in [2.75, 3.05) is 68.6 Å². The summed E-state index contributed by atoms with van der Waals surface area (Å²) in [6, 6.07) is 12.6. The third-order valence-corrected chi connectivity index (χ3v) is 5.15. The van der Waals surface area contributed by atoms with E-state index in [0.29, 0.717) is 22.1 Å². The quantitative estimate of drug-likeness (QED) is 0.214. The molecule has 2 aromatic rings. The van der Waals surface area contributed by atoms with Crippen LogP contribution >= 0.6 is 0 Å². The van der Waals surface area contributed by atoms with Crippen molar-refractivity contribution in [1.29, 1.82) is 0 Å². The molecule has 190 valence electrons. The van der Waals surface area contributed by atoms with Gasteiger partial charge in [0.25, 0.3) is 0 Å². The van der Waals surface area contributed by atoms with E-state index in [2.05, 4.69) is 0 Å². The SMILES string of the molecule is C[N+](C)(C)CCOC(=O)c1ccccc1OS(=O)Oc1ccccc1C(=O)OCC[N+](C)(C)C.[KH].[KH]. The van der Waals surface area contributed by atoms with Crippen LogP contribution < -0.4 is 8.37 Å². The molecule has 0 aromatic heterocycles. The maximum absolute atomic E-state index is 12.6. The van der Waals surface area contributed by atoms with Crippen LogP contribution in [0.1, 0.15) is 20.7 Å². The average Bonchev–Trinajstić information content (AvgIpc) is 2.72. The van der Waals surface area contributed by atoms with E-state index in [1.165, 1.54) is 24.3 Å². The van der Waals surface area contributed by atoms with Crippen molar-refractivity contribution in [3.8, 4) is 11.5 Å². The molecule has 0 saturated heterocycles. The van der Waals surface area contributed by atoms with Gasteiger partial charge in [0.15, 0.2) is 11.5 Å². The van der Waals surface area contributed by atoms with Crippen LogP contribution in [0.25, 0.3) is 0 Å². The number of likely N-dealkylation sites (N-methyl/N-ethyl adjacent to an activating group) is 2. The van der Waals surface area contributed by atoms with Gasteiger partial charge in [0.1, 0.15) is 37.4 Å². The fraction of sp³-hybridized carbons (Fsp3) is 0.417. The molecule has 0 unspecified atom stereocenters. The molecule has 0 aliphatic rings. The summed E-state index contributed by atoms with van der Waals surface area (Å²) in [7, 11) is 11.9. The van der Waals surface area contributed by atoms with Gasteiger partial charge in [-0.25, -0.2) is 9.59 Å². The van der Waals surface area contributed by atoms with E-state index in [9.17, 15) is 13.8 Å². The third kappa shape index (κ3) is 13.9. The number of hydrogen-bond donors (Lipinski definition) is 0. The van der Waals surface area contributed by atoms with Crippen LogP contribution in [0.15, 0.2) is 48.5 Å². The molecule has 2 rings (SSSR count). The van der Waals surface area contributed by atoms with Crippen LogP contribution in [0, 0.1) is 0 Å². The number of carbonyl (C=O) groups excluding carboxylic acids is 2. The van der Waals surface area contributed by atoms with Crippen LogP contribution in [0.3, 0.4) is 0 Å². The minimum absolute atomic E-state index is 0. The molecule has 0 amide bonds. The predicted octanol–water partition coefficient (Wildman–Crippen LogP) is 1.15. The van der Waals surface area contributed by atoms with Gasteiger partial charge in [-0.3, -0.25) is 0 Å². The Balaban J connectivity index is 0.00000612. The number of nitrogens with zero attached hydrogens (tertiary/aromatic N) is 2. The number of hydrogen-bond acceptors (Lipinski definition) is 7. The first kappa shape index (κ1) is 36.3. The van der Waals surface area contributed by atoms with Gasteiger partial charge in [0.2, 0.25) is 0 Å². The molecule has 0 fully saturated rings. The molecule has 0 saturated carbocycles. The van der Waals surface area contributed by atoms with Crippen molar-refractivity contribution in [2.45, 2.75) is 0 Å². The monoisotopic (exact) mass is 574 g/mol. The van der Waals surface area contributed by atoms with Crippen molar-refractivity contribution in [1.82, 2.24) is 0 Å². The van der Waals surface area contributed by atoms with Crippen molar-refractivity contribution >= 4 is 126 Å². The zero-order valence-electron chi connectivity index (χ0n) is 20.6. The molecule has 0 heterocycles. The van der Waals surface area contributed by atoms with Crippen LogP contribution in [0.2, 0.25) is 0 Å². The third-order valence-electron chi connectivity index (χ3n) is 4.52. The zero-order valence-corrected chi connectivity index (χ0v) is 21.4. The minimum atomic E-state index is -2.34. The first-order chi connectivity index (χ1) is 15.9. The van der Waals surface area contributed by atoms with E-state index in [0.717, 1.165) is 0 Å². The zero-order chi connectivity index (χ0) is 25.4. The number of quaternary nitrogens is 2. The van der Waals surface area contributed by atoms with E-state index in [-0.39, 0.29) is 139 Å². The van der Waals surface area contributed by atoms with E-state index >= 15 is 0 Å². The summed E-state index contributed by atoms with van der Waals surface area (Å²) in [4.78, 5) is 25.0. The van der Waals surface area contributed by atoms with Gasteiger partial charge in [-0.2, -0.15) is 4.21 Å². The molecule has 12 heteroatoms. The Labute approximate surface area is 301 Å². The fourth-order valence-electron chi connectivity index (χ4n) is 2.56. The summed E-state index contributed by atoms with van der Waals surface area (Å²) in [5.74, 6) is -1.11. The van der Waals surface area contributed by atoms with E-state index < -0.39 is 23.3 Å². The number of ether oxygens (including phenoxy) is 2. The van der Waals surface area contributed by atoms with E-state index in [1.54, 1.807) is 24.3 Å². The molecule has 0 spiro atoms. The number of carbonyl (C=O) groups is 2. The van der Waals surface area contributed by atoms with Gasteiger partial charge in [0, 0.05) is 0 Å². The molecule has 2 aromatic carbocycles. The Morgan fingerprint density at radius 1 is 0.667 bits per heavy atom. The van der Waals surface area contributed by atoms with Crippen LogP contribution in [-0.4, -0.2) is 196 Å². The molecular weight excluding hydrogens is 539 g/mol. The summed E-state index contributed by atoms with van der Waals surface area (Å²) in [6.45, 7) is 1.70. The van der Waals surface area contributed by atoms with Gasteiger partial charge in [-0.15, -0.1) is 0 Å². The van der Waals surface area contributed by atoms with E-state index in [1.807, 2.05) is 42.3 Å². The number of benzene rings is 2. The first-order valence-corrected chi connectivity index (χ1v) is 11.8. The second kappa shape index (κ2) is 17.1. The summed E-state index contributed by atoms with van der Waals surface area (Å²) in [5.41, 5.74) is 0.239. The van der Waals surface area contributed by atoms with Gasteiger partial charge in [-0.05, 0) is 24.3 Å². The Hall–Kier alpha value is 0.323. The molecule has 0 atom stereocenters. The average molecular weight is 575 g/mol. The topological polar surface area (TPSA) is 88.1 Å². The summed E-state index contributed by atoms with van der Waals surface area (Å²) in [6.07, 6.45) is 0. The van der Waals surface area contributed by atoms with Crippen molar-refractivity contribution in [3.63, 3.8) is 0 Å². The molecular formula is C24H36K2N2O7S+2. The summed E-state index contributed by atoms with van der Waals surface area (Å²) >= 11 is -2.34. The van der Waals surface area contributed by atoms with Crippen LogP contribution in [-0.2, 0) is 20.8 Å². The molecule has 9 nitrogen and oxygen atoms in total. The number of esters is 2.